The summed E-state index contributed by atoms with van der Waals surface area (Å²) in [5, 5.41) is 6.13. The Bertz CT molecular complexity index is 967. The largest absolute Gasteiger partial charge is 0.354 e. The van der Waals surface area contributed by atoms with E-state index in [2.05, 4.69) is 10.6 Å². The molecule has 0 radical (unpaired) electrons. The second-order valence-corrected chi connectivity index (χ2v) is 6.51. The zero-order chi connectivity index (χ0) is 19.9. The first-order chi connectivity index (χ1) is 13.5. The number of rotatable bonds is 7. The van der Waals surface area contributed by atoms with Crippen LogP contribution in [0.5, 0.6) is 0 Å². The van der Waals surface area contributed by atoms with Gasteiger partial charge in [-0.3, -0.25) is 9.59 Å². The number of halogens is 1. The van der Waals surface area contributed by atoms with Crippen molar-refractivity contribution in [2.45, 2.75) is 19.8 Å². The molecule has 0 aliphatic rings. The number of ketones is 1. The van der Waals surface area contributed by atoms with Gasteiger partial charge in [-0.1, -0.05) is 29.8 Å². The molecule has 4 nitrogen and oxygen atoms in total. The van der Waals surface area contributed by atoms with Crippen LogP contribution in [0.3, 0.4) is 0 Å². The predicted octanol–water partition coefficient (Wildman–Crippen LogP) is 5.48. The summed E-state index contributed by atoms with van der Waals surface area (Å²) in [5.74, 6) is -0.846. The number of hydrogen-bond donors (Lipinski definition) is 2. The molecule has 0 unspecified atom stereocenters. The Morgan fingerprint density at radius 3 is 2.14 bits per heavy atom. The predicted molar refractivity (Wildman–Crippen MR) is 109 cm³/mol. The molecular weight excluding hydrogens is 355 g/mol. The molecule has 142 valence electrons. The van der Waals surface area contributed by atoms with Gasteiger partial charge >= 0.3 is 0 Å². The molecule has 0 heterocycles. The van der Waals surface area contributed by atoms with Gasteiger partial charge in [-0.25, -0.2) is 4.39 Å². The fraction of sp³-hybridized carbons (Fsp3) is 0.130. The Hall–Kier alpha value is -3.47. The Kier molecular flexibility index (Phi) is 6.17. The average Bonchev–Trinajstić information content (AvgIpc) is 2.70. The van der Waals surface area contributed by atoms with Crippen molar-refractivity contribution in [3.05, 3.63) is 89.7 Å². The number of carbonyl (C=O) groups excluding carboxylic acids is 2. The van der Waals surface area contributed by atoms with Crippen LogP contribution in [0.1, 0.15) is 28.8 Å². The summed E-state index contributed by atoms with van der Waals surface area (Å²) >= 11 is 0. The number of hydrogen-bond acceptors (Lipinski definition) is 3. The molecule has 0 spiro atoms. The molecule has 0 aromatic heterocycles. The first-order valence-electron chi connectivity index (χ1n) is 9.02. The van der Waals surface area contributed by atoms with E-state index >= 15 is 0 Å². The van der Waals surface area contributed by atoms with Gasteiger partial charge < -0.3 is 10.6 Å². The smallest absolute Gasteiger partial charge is 0.224 e. The molecule has 3 aromatic carbocycles. The van der Waals surface area contributed by atoms with Gasteiger partial charge in [0.1, 0.15) is 5.82 Å². The fourth-order valence-corrected chi connectivity index (χ4v) is 2.71. The summed E-state index contributed by atoms with van der Waals surface area (Å²) in [6, 6.07) is 20.7. The molecule has 3 rings (SSSR count). The summed E-state index contributed by atoms with van der Waals surface area (Å²) < 4.78 is 12.9. The highest BCUT2D eigenvalue weighted by molar-refractivity contribution is 6.01. The SMILES string of the molecule is Cc1ccc(Nc2ccccc2NC(=O)CCC(=O)c2ccc(F)cc2)cc1. The molecule has 5 heteroatoms. The zero-order valence-electron chi connectivity index (χ0n) is 15.5. The van der Waals surface area contributed by atoms with E-state index in [9.17, 15) is 14.0 Å². The van der Waals surface area contributed by atoms with Crippen LogP contribution >= 0.6 is 0 Å². The number of Topliss-reactive ketones (excluding diaryl/α,β-unsaturated/α-hetero) is 1. The summed E-state index contributed by atoms with van der Waals surface area (Å²) in [4.78, 5) is 24.4. The minimum atomic E-state index is -0.396. The van der Waals surface area contributed by atoms with Crippen LogP contribution in [-0.4, -0.2) is 11.7 Å². The lowest BCUT2D eigenvalue weighted by molar-refractivity contribution is -0.116. The first kappa shape index (κ1) is 19.3. The number of aryl methyl sites for hydroxylation is 1. The van der Waals surface area contributed by atoms with Crippen molar-refractivity contribution in [1.29, 1.82) is 0 Å². The summed E-state index contributed by atoms with van der Waals surface area (Å²) in [7, 11) is 0. The lowest BCUT2D eigenvalue weighted by atomic mass is 10.1. The van der Waals surface area contributed by atoms with Crippen LogP contribution in [0, 0.1) is 12.7 Å². The van der Waals surface area contributed by atoms with Crippen molar-refractivity contribution in [3.8, 4) is 0 Å². The maximum Gasteiger partial charge on any atom is 0.224 e. The highest BCUT2D eigenvalue weighted by Gasteiger charge is 2.11. The third-order valence-corrected chi connectivity index (χ3v) is 4.28. The molecular formula is C23H21FN2O2. The summed E-state index contributed by atoms with van der Waals surface area (Å²) in [5.41, 5.74) is 3.89. The van der Waals surface area contributed by atoms with E-state index < -0.39 is 5.82 Å². The Labute approximate surface area is 163 Å². The molecule has 3 aromatic rings. The van der Waals surface area contributed by atoms with Gasteiger partial charge in [-0.05, 0) is 55.5 Å². The molecule has 2 N–H and O–H groups in total. The van der Waals surface area contributed by atoms with Crippen molar-refractivity contribution < 1.29 is 14.0 Å². The van der Waals surface area contributed by atoms with Crippen molar-refractivity contribution in [2.75, 3.05) is 10.6 Å². The van der Waals surface area contributed by atoms with Crippen LogP contribution in [-0.2, 0) is 4.79 Å². The van der Waals surface area contributed by atoms with E-state index in [1.165, 1.54) is 24.3 Å². The van der Waals surface area contributed by atoms with Crippen molar-refractivity contribution in [1.82, 2.24) is 0 Å². The average molecular weight is 376 g/mol. The molecule has 0 aliphatic heterocycles. The minimum absolute atomic E-state index is 0.0507. The second-order valence-electron chi connectivity index (χ2n) is 6.51. The van der Waals surface area contributed by atoms with E-state index in [4.69, 9.17) is 0 Å². The third kappa shape index (κ3) is 5.27. The maximum atomic E-state index is 12.9. The number of anilines is 3. The van der Waals surface area contributed by atoms with Gasteiger partial charge in [0.05, 0.1) is 11.4 Å². The van der Waals surface area contributed by atoms with Gasteiger partial charge in [0.25, 0.3) is 0 Å². The standard InChI is InChI=1S/C23H21FN2O2/c1-16-6-12-19(13-7-16)25-20-4-2-3-5-21(20)26-23(28)15-14-22(27)17-8-10-18(24)11-9-17/h2-13,25H,14-15H2,1H3,(H,26,28). The van der Waals surface area contributed by atoms with Crippen molar-refractivity contribution in [3.63, 3.8) is 0 Å². The monoisotopic (exact) mass is 376 g/mol. The topological polar surface area (TPSA) is 58.2 Å². The highest BCUT2D eigenvalue weighted by atomic mass is 19.1. The van der Waals surface area contributed by atoms with E-state index in [-0.39, 0.29) is 24.5 Å². The van der Waals surface area contributed by atoms with Gasteiger partial charge in [0.2, 0.25) is 5.91 Å². The number of para-hydroxylation sites is 2. The van der Waals surface area contributed by atoms with Gasteiger partial charge in [-0.2, -0.15) is 0 Å². The summed E-state index contributed by atoms with van der Waals surface area (Å²) in [6.45, 7) is 2.02. The minimum Gasteiger partial charge on any atom is -0.354 e. The van der Waals surface area contributed by atoms with Crippen LogP contribution in [0.4, 0.5) is 21.5 Å². The number of benzene rings is 3. The van der Waals surface area contributed by atoms with Gasteiger partial charge in [0.15, 0.2) is 5.78 Å². The van der Waals surface area contributed by atoms with Crippen LogP contribution in [0.2, 0.25) is 0 Å². The van der Waals surface area contributed by atoms with E-state index in [1.54, 1.807) is 6.07 Å². The van der Waals surface area contributed by atoms with E-state index in [0.29, 0.717) is 11.3 Å². The molecule has 0 aliphatic carbocycles. The van der Waals surface area contributed by atoms with Crippen LogP contribution in [0.25, 0.3) is 0 Å². The highest BCUT2D eigenvalue weighted by Crippen LogP contribution is 2.25. The van der Waals surface area contributed by atoms with E-state index in [0.717, 1.165) is 16.9 Å². The van der Waals surface area contributed by atoms with Crippen LogP contribution in [0.15, 0.2) is 72.8 Å². The van der Waals surface area contributed by atoms with E-state index in [1.807, 2.05) is 49.4 Å². The third-order valence-electron chi connectivity index (χ3n) is 4.28. The first-order valence-corrected chi connectivity index (χ1v) is 9.02. The lowest BCUT2D eigenvalue weighted by Crippen LogP contribution is -2.14. The molecule has 1 amide bonds. The van der Waals surface area contributed by atoms with Gasteiger partial charge in [-0.15, -0.1) is 0 Å². The number of amides is 1. The Balaban J connectivity index is 1.60. The molecule has 0 bridgehead atoms. The van der Waals surface area contributed by atoms with Crippen LogP contribution < -0.4 is 10.6 Å². The quantitative estimate of drug-likeness (QED) is 0.537. The molecule has 0 saturated carbocycles. The summed E-state index contributed by atoms with van der Waals surface area (Å²) in [6.07, 6.45) is 0.111. The zero-order valence-corrected chi connectivity index (χ0v) is 15.5. The maximum absolute atomic E-state index is 12.9. The number of nitrogens with one attached hydrogen (secondary N) is 2. The van der Waals surface area contributed by atoms with Crippen molar-refractivity contribution >= 4 is 28.8 Å². The molecule has 0 atom stereocenters. The molecule has 0 saturated heterocycles. The molecule has 28 heavy (non-hydrogen) atoms. The lowest BCUT2D eigenvalue weighted by Gasteiger charge is -2.13. The normalized spacial score (nSPS) is 10.4. The Morgan fingerprint density at radius 1 is 0.821 bits per heavy atom. The number of carbonyl (C=O) groups is 2. The fourth-order valence-electron chi connectivity index (χ4n) is 2.71. The van der Waals surface area contributed by atoms with Crippen molar-refractivity contribution in [2.24, 2.45) is 0 Å². The van der Waals surface area contributed by atoms with Gasteiger partial charge in [0, 0.05) is 24.1 Å². The Morgan fingerprint density at radius 2 is 1.46 bits per heavy atom. The second kappa shape index (κ2) is 8.95. The molecule has 0 fully saturated rings.